The summed E-state index contributed by atoms with van der Waals surface area (Å²) in [5.74, 6) is 0. The summed E-state index contributed by atoms with van der Waals surface area (Å²) >= 11 is 0. The predicted octanol–water partition coefficient (Wildman–Crippen LogP) is 0.950. The third kappa shape index (κ3) is 1.25. The van der Waals surface area contributed by atoms with Gasteiger partial charge < -0.3 is 22.9 Å². The van der Waals surface area contributed by atoms with Gasteiger partial charge in [-0.15, -0.1) is 0 Å². The van der Waals surface area contributed by atoms with E-state index in [-0.39, 0.29) is 0 Å². The number of anilines is 2. The Morgan fingerprint density at radius 2 is 1.12 bits per heavy atom. The standard InChI is InChI=1S/C13H14N4/c14-7-1-3-9-10-4-2-8(15)6-12(10)13(16,17)11(9)5-7/h1-6H,14-17H2. The van der Waals surface area contributed by atoms with Crippen LogP contribution in [0.1, 0.15) is 11.1 Å². The number of rotatable bonds is 0. The van der Waals surface area contributed by atoms with Crippen molar-refractivity contribution in [3.05, 3.63) is 47.5 Å². The summed E-state index contributed by atoms with van der Waals surface area (Å²) in [5.41, 5.74) is 28.0. The number of hydrogen-bond donors (Lipinski definition) is 4. The molecule has 0 bridgehead atoms. The van der Waals surface area contributed by atoms with E-state index < -0.39 is 5.66 Å². The first kappa shape index (κ1) is 10.1. The van der Waals surface area contributed by atoms with Crippen molar-refractivity contribution in [2.24, 2.45) is 11.5 Å². The molecule has 0 atom stereocenters. The molecule has 0 saturated heterocycles. The second-order valence-corrected chi connectivity index (χ2v) is 4.48. The second-order valence-electron chi connectivity index (χ2n) is 4.48. The molecule has 0 aromatic heterocycles. The first-order chi connectivity index (χ1) is 8.00. The van der Waals surface area contributed by atoms with E-state index in [1.165, 1.54) is 0 Å². The summed E-state index contributed by atoms with van der Waals surface area (Å²) < 4.78 is 0. The van der Waals surface area contributed by atoms with Crippen molar-refractivity contribution >= 4 is 11.4 Å². The molecule has 0 spiro atoms. The number of hydrogen-bond acceptors (Lipinski definition) is 4. The zero-order chi connectivity index (χ0) is 12.2. The normalized spacial score (nSPS) is 15.4. The number of benzene rings is 2. The zero-order valence-electron chi connectivity index (χ0n) is 9.27. The highest BCUT2D eigenvalue weighted by Gasteiger charge is 2.36. The van der Waals surface area contributed by atoms with E-state index in [9.17, 15) is 0 Å². The molecule has 17 heavy (non-hydrogen) atoms. The fourth-order valence-corrected chi connectivity index (χ4v) is 2.42. The highest BCUT2D eigenvalue weighted by atomic mass is 15.0. The lowest BCUT2D eigenvalue weighted by molar-refractivity contribution is 0.584. The Morgan fingerprint density at radius 1 is 0.706 bits per heavy atom. The van der Waals surface area contributed by atoms with Gasteiger partial charge in [-0.1, -0.05) is 12.1 Å². The highest BCUT2D eigenvalue weighted by Crippen LogP contribution is 2.44. The van der Waals surface area contributed by atoms with Gasteiger partial charge in [0.05, 0.1) is 0 Å². The Morgan fingerprint density at radius 3 is 1.53 bits per heavy atom. The molecular weight excluding hydrogens is 212 g/mol. The summed E-state index contributed by atoms with van der Waals surface area (Å²) in [6.07, 6.45) is 0. The molecule has 4 heteroatoms. The third-order valence-electron chi connectivity index (χ3n) is 3.27. The topological polar surface area (TPSA) is 104 Å². The van der Waals surface area contributed by atoms with Crippen LogP contribution in [-0.4, -0.2) is 0 Å². The molecule has 0 saturated carbocycles. The Kier molecular flexibility index (Phi) is 1.79. The minimum Gasteiger partial charge on any atom is -0.399 e. The van der Waals surface area contributed by atoms with E-state index in [0.717, 1.165) is 22.3 Å². The molecule has 86 valence electrons. The van der Waals surface area contributed by atoms with Crippen LogP contribution < -0.4 is 22.9 Å². The van der Waals surface area contributed by atoms with Crippen molar-refractivity contribution in [2.75, 3.05) is 11.5 Å². The van der Waals surface area contributed by atoms with Gasteiger partial charge in [-0.3, -0.25) is 0 Å². The first-order valence-corrected chi connectivity index (χ1v) is 5.38. The summed E-state index contributed by atoms with van der Waals surface area (Å²) in [5, 5.41) is 0. The molecule has 0 amide bonds. The summed E-state index contributed by atoms with van der Waals surface area (Å²) in [6.45, 7) is 0. The molecule has 1 aliphatic rings. The van der Waals surface area contributed by atoms with Crippen molar-refractivity contribution in [1.29, 1.82) is 0 Å². The molecular formula is C13H14N4. The summed E-state index contributed by atoms with van der Waals surface area (Å²) in [6, 6.07) is 11.2. The maximum absolute atomic E-state index is 6.21. The van der Waals surface area contributed by atoms with E-state index in [2.05, 4.69) is 0 Å². The average molecular weight is 226 g/mol. The van der Waals surface area contributed by atoms with E-state index >= 15 is 0 Å². The van der Waals surface area contributed by atoms with E-state index in [1.54, 1.807) is 0 Å². The van der Waals surface area contributed by atoms with Crippen LogP contribution in [0.15, 0.2) is 36.4 Å². The Labute approximate surface area is 99.2 Å². The van der Waals surface area contributed by atoms with E-state index in [1.807, 2.05) is 36.4 Å². The van der Waals surface area contributed by atoms with Crippen LogP contribution in [0.4, 0.5) is 11.4 Å². The lowest BCUT2D eigenvalue weighted by Gasteiger charge is -2.21. The van der Waals surface area contributed by atoms with Crippen LogP contribution in [0.25, 0.3) is 11.1 Å². The molecule has 3 rings (SSSR count). The molecule has 2 aromatic rings. The molecule has 4 nitrogen and oxygen atoms in total. The molecule has 8 N–H and O–H groups in total. The lowest BCUT2D eigenvalue weighted by Crippen LogP contribution is -2.45. The molecule has 1 aliphatic carbocycles. The van der Waals surface area contributed by atoms with Gasteiger partial charge in [0.2, 0.25) is 0 Å². The van der Waals surface area contributed by atoms with Crippen molar-refractivity contribution in [1.82, 2.24) is 0 Å². The van der Waals surface area contributed by atoms with Crippen LogP contribution >= 0.6 is 0 Å². The monoisotopic (exact) mass is 226 g/mol. The molecule has 0 heterocycles. The fourth-order valence-electron chi connectivity index (χ4n) is 2.42. The van der Waals surface area contributed by atoms with Crippen LogP contribution in [0.5, 0.6) is 0 Å². The van der Waals surface area contributed by atoms with Gasteiger partial charge in [0, 0.05) is 22.5 Å². The second kappa shape index (κ2) is 3.00. The maximum Gasteiger partial charge on any atom is 0.118 e. The average Bonchev–Trinajstić information content (AvgIpc) is 2.49. The fraction of sp³-hybridized carbons (Fsp3) is 0.0769. The summed E-state index contributed by atoms with van der Waals surface area (Å²) in [7, 11) is 0. The largest absolute Gasteiger partial charge is 0.399 e. The molecule has 0 aliphatic heterocycles. The van der Waals surface area contributed by atoms with Gasteiger partial charge >= 0.3 is 0 Å². The third-order valence-corrected chi connectivity index (χ3v) is 3.27. The van der Waals surface area contributed by atoms with Gasteiger partial charge in [-0.25, -0.2) is 0 Å². The number of nitrogens with two attached hydrogens (primary N) is 4. The smallest absolute Gasteiger partial charge is 0.118 e. The summed E-state index contributed by atoms with van der Waals surface area (Å²) in [4.78, 5) is 0. The molecule has 2 aromatic carbocycles. The Balaban J connectivity index is 2.37. The highest BCUT2D eigenvalue weighted by molar-refractivity contribution is 5.83. The van der Waals surface area contributed by atoms with Gasteiger partial charge in [-0.2, -0.15) is 0 Å². The van der Waals surface area contributed by atoms with Crippen LogP contribution in [-0.2, 0) is 5.66 Å². The minimum atomic E-state index is -1.02. The minimum absolute atomic E-state index is 0.657. The molecule has 0 unspecified atom stereocenters. The van der Waals surface area contributed by atoms with E-state index in [4.69, 9.17) is 22.9 Å². The van der Waals surface area contributed by atoms with Gasteiger partial charge in [0.1, 0.15) is 5.66 Å². The van der Waals surface area contributed by atoms with Crippen molar-refractivity contribution in [3.63, 3.8) is 0 Å². The quantitative estimate of drug-likeness (QED) is 0.396. The zero-order valence-corrected chi connectivity index (χ0v) is 9.27. The van der Waals surface area contributed by atoms with E-state index in [0.29, 0.717) is 11.4 Å². The van der Waals surface area contributed by atoms with Crippen molar-refractivity contribution in [3.8, 4) is 11.1 Å². The SMILES string of the molecule is Nc1ccc2c(c1)C(N)(N)c1cc(N)ccc1-2. The molecule has 0 radical (unpaired) electrons. The lowest BCUT2D eigenvalue weighted by atomic mass is 9.99. The van der Waals surface area contributed by atoms with Crippen molar-refractivity contribution < 1.29 is 0 Å². The Bertz CT molecular complexity index is 563. The first-order valence-electron chi connectivity index (χ1n) is 5.38. The number of nitrogen functional groups attached to an aromatic ring is 2. The van der Waals surface area contributed by atoms with Crippen LogP contribution in [0, 0.1) is 0 Å². The van der Waals surface area contributed by atoms with Gasteiger partial charge in [0.15, 0.2) is 0 Å². The van der Waals surface area contributed by atoms with Crippen molar-refractivity contribution in [2.45, 2.75) is 5.66 Å². The van der Waals surface area contributed by atoms with Crippen LogP contribution in [0.2, 0.25) is 0 Å². The number of fused-ring (bicyclic) bond motifs is 3. The van der Waals surface area contributed by atoms with Gasteiger partial charge in [-0.05, 0) is 35.4 Å². The van der Waals surface area contributed by atoms with Crippen LogP contribution in [0.3, 0.4) is 0 Å². The van der Waals surface area contributed by atoms with Gasteiger partial charge in [0.25, 0.3) is 0 Å². The Hall–Kier alpha value is -2.04. The molecule has 0 fully saturated rings. The predicted molar refractivity (Wildman–Crippen MR) is 69.9 cm³/mol. The maximum atomic E-state index is 6.21.